The molecule has 0 saturated carbocycles. The van der Waals surface area contributed by atoms with Gasteiger partial charge in [-0.25, -0.2) is 0 Å². The normalized spacial score (nSPS) is 12.6. The molecule has 1 atom stereocenters. The maximum absolute atomic E-state index is 5.83. The molecule has 0 amide bonds. The maximum Gasteiger partial charge on any atom is 0.240 e. The fraction of sp³-hybridized carbons (Fsp3) is 0.385. The largest absolute Gasteiger partial charge is 0.338 e. The van der Waals surface area contributed by atoms with Crippen LogP contribution in [0.15, 0.2) is 28.8 Å². The molecule has 1 aromatic carbocycles. The molecule has 1 aromatic heterocycles. The Morgan fingerprint density at radius 2 is 2.06 bits per heavy atom. The van der Waals surface area contributed by atoms with Crippen LogP contribution >= 0.6 is 11.6 Å². The average molecular weight is 266 g/mol. The summed E-state index contributed by atoms with van der Waals surface area (Å²) in [6, 6.07) is 7.81. The molecule has 18 heavy (non-hydrogen) atoms. The first-order valence-electron chi connectivity index (χ1n) is 6.01. The van der Waals surface area contributed by atoms with Crippen molar-refractivity contribution in [1.82, 2.24) is 15.5 Å². The summed E-state index contributed by atoms with van der Waals surface area (Å²) in [6.45, 7) is 4.84. The molecule has 0 aliphatic rings. The van der Waals surface area contributed by atoms with Crippen LogP contribution in [0.4, 0.5) is 0 Å². The minimum atomic E-state index is 0.441. The van der Waals surface area contributed by atoms with E-state index in [1.165, 1.54) is 0 Å². The van der Waals surface area contributed by atoms with Gasteiger partial charge in [0, 0.05) is 16.6 Å². The summed E-state index contributed by atoms with van der Waals surface area (Å²) >= 11 is 5.83. The molecule has 2 aromatic rings. The summed E-state index contributed by atoms with van der Waals surface area (Å²) in [5.74, 6) is 1.19. The van der Waals surface area contributed by atoms with Gasteiger partial charge in [0.05, 0.1) is 6.54 Å². The molecule has 1 heterocycles. The van der Waals surface area contributed by atoms with Crippen molar-refractivity contribution in [3.63, 3.8) is 0 Å². The molecule has 0 bridgehead atoms. The molecule has 0 aliphatic carbocycles. The van der Waals surface area contributed by atoms with Crippen molar-refractivity contribution in [2.45, 2.75) is 32.9 Å². The highest BCUT2D eigenvalue weighted by Crippen LogP contribution is 2.18. The standard InChI is InChI=1S/C13H16ClN3O/c1-3-9(2)15-8-12-16-13(17-18-12)10-4-6-11(14)7-5-10/h4-7,9,15H,3,8H2,1-2H3/t9-/m0/s1. The van der Waals surface area contributed by atoms with E-state index in [0.29, 0.717) is 29.3 Å². The summed E-state index contributed by atoms with van der Waals surface area (Å²) < 4.78 is 5.19. The molecule has 96 valence electrons. The third-order valence-corrected chi connectivity index (χ3v) is 3.04. The zero-order valence-electron chi connectivity index (χ0n) is 10.5. The second-order valence-corrected chi connectivity index (χ2v) is 4.65. The Balaban J connectivity index is 2.03. The van der Waals surface area contributed by atoms with Crippen molar-refractivity contribution in [3.05, 3.63) is 35.2 Å². The van der Waals surface area contributed by atoms with E-state index >= 15 is 0 Å². The molecule has 0 unspecified atom stereocenters. The Labute approximate surface area is 111 Å². The number of hydrogen-bond acceptors (Lipinski definition) is 4. The first kappa shape index (κ1) is 13.1. The quantitative estimate of drug-likeness (QED) is 0.901. The van der Waals surface area contributed by atoms with Crippen LogP contribution in [0.1, 0.15) is 26.2 Å². The molecule has 5 heteroatoms. The second-order valence-electron chi connectivity index (χ2n) is 4.21. The second kappa shape index (κ2) is 5.98. The Morgan fingerprint density at radius 1 is 1.33 bits per heavy atom. The summed E-state index contributed by atoms with van der Waals surface area (Å²) in [4.78, 5) is 4.33. The number of halogens is 1. The molecule has 2 rings (SSSR count). The van der Waals surface area contributed by atoms with E-state index < -0.39 is 0 Å². The third-order valence-electron chi connectivity index (χ3n) is 2.78. The van der Waals surface area contributed by atoms with Gasteiger partial charge in [-0.05, 0) is 37.6 Å². The molecule has 0 aliphatic heterocycles. The highest BCUT2D eigenvalue weighted by Gasteiger charge is 2.09. The van der Waals surface area contributed by atoms with Gasteiger partial charge in [-0.15, -0.1) is 0 Å². The predicted molar refractivity (Wildman–Crippen MR) is 71.3 cm³/mol. The van der Waals surface area contributed by atoms with Crippen LogP contribution in [0, 0.1) is 0 Å². The molecular formula is C13H16ClN3O. The van der Waals surface area contributed by atoms with Crippen LogP contribution in [0.3, 0.4) is 0 Å². The van der Waals surface area contributed by atoms with Gasteiger partial charge in [0.1, 0.15) is 0 Å². The number of benzene rings is 1. The zero-order chi connectivity index (χ0) is 13.0. The predicted octanol–water partition coefficient (Wildman–Crippen LogP) is 3.28. The highest BCUT2D eigenvalue weighted by atomic mass is 35.5. The summed E-state index contributed by atoms with van der Waals surface area (Å²) in [5.41, 5.74) is 0.901. The molecule has 0 saturated heterocycles. The van der Waals surface area contributed by atoms with Crippen molar-refractivity contribution in [2.24, 2.45) is 0 Å². The van der Waals surface area contributed by atoms with Crippen LogP contribution < -0.4 is 5.32 Å². The lowest BCUT2D eigenvalue weighted by Gasteiger charge is -2.07. The van der Waals surface area contributed by atoms with E-state index in [-0.39, 0.29) is 0 Å². The van der Waals surface area contributed by atoms with Gasteiger partial charge in [-0.3, -0.25) is 0 Å². The Kier molecular flexibility index (Phi) is 4.33. The van der Waals surface area contributed by atoms with Crippen LogP contribution in [-0.2, 0) is 6.54 Å². The summed E-state index contributed by atoms with van der Waals surface area (Å²) in [6.07, 6.45) is 1.07. The number of nitrogens with one attached hydrogen (secondary N) is 1. The third kappa shape index (κ3) is 3.31. The zero-order valence-corrected chi connectivity index (χ0v) is 11.2. The van der Waals surface area contributed by atoms with Crippen LogP contribution in [-0.4, -0.2) is 16.2 Å². The first-order chi connectivity index (χ1) is 8.69. The molecular weight excluding hydrogens is 250 g/mol. The lowest BCUT2D eigenvalue weighted by Crippen LogP contribution is -2.24. The van der Waals surface area contributed by atoms with E-state index in [2.05, 4.69) is 29.3 Å². The van der Waals surface area contributed by atoms with Gasteiger partial charge in [-0.1, -0.05) is 23.7 Å². The van der Waals surface area contributed by atoms with Gasteiger partial charge < -0.3 is 9.84 Å². The topological polar surface area (TPSA) is 51.0 Å². The van der Waals surface area contributed by atoms with Crippen molar-refractivity contribution in [3.8, 4) is 11.4 Å². The summed E-state index contributed by atoms with van der Waals surface area (Å²) in [7, 11) is 0. The minimum Gasteiger partial charge on any atom is -0.338 e. The molecule has 4 nitrogen and oxygen atoms in total. The average Bonchev–Trinajstić information content (AvgIpc) is 2.85. The Hall–Kier alpha value is -1.39. The summed E-state index contributed by atoms with van der Waals surface area (Å²) in [5, 5.41) is 7.95. The number of nitrogens with zero attached hydrogens (tertiary/aromatic N) is 2. The maximum atomic E-state index is 5.83. The van der Waals surface area contributed by atoms with Crippen molar-refractivity contribution >= 4 is 11.6 Å². The smallest absolute Gasteiger partial charge is 0.240 e. The van der Waals surface area contributed by atoms with Crippen molar-refractivity contribution < 1.29 is 4.52 Å². The van der Waals surface area contributed by atoms with Gasteiger partial charge in [0.2, 0.25) is 11.7 Å². The SMILES string of the molecule is CC[C@H](C)NCc1nc(-c2ccc(Cl)cc2)no1. The molecule has 0 fully saturated rings. The fourth-order valence-corrected chi connectivity index (χ4v) is 1.57. The van der Waals surface area contributed by atoms with E-state index in [1.807, 2.05) is 24.3 Å². The molecule has 0 radical (unpaired) electrons. The van der Waals surface area contributed by atoms with Crippen LogP contribution in [0.5, 0.6) is 0 Å². The lowest BCUT2D eigenvalue weighted by molar-refractivity contribution is 0.358. The van der Waals surface area contributed by atoms with Crippen molar-refractivity contribution in [2.75, 3.05) is 0 Å². The Morgan fingerprint density at radius 3 is 2.72 bits per heavy atom. The molecule has 0 spiro atoms. The van der Waals surface area contributed by atoms with Crippen molar-refractivity contribution in [1.29, 1.82) is 0 Å². The lowest BCUT2D eigenvalue weighted by atomic mass is 10.2. The van der Waals surface area contributed by atoms with Gasteiger partial charge in [-0.2, -0.15) is 4.98 Å². The number of aromatic nitrogens is 2. The van der Waals surface area contributed by atoms with E-state index in [1.54, 1.807) is 0 Å². The van der Waals surface area contributed by atoms with Gasteiger partial charge in [0.15, 0.2) is 0 Å². The van der Waals surface area contributed by atoms with E-state index in [4.69, 9.17) is 16.1 Å². The van der Waals surface area contributed by atoms with E-state index in [0.717, 1.165) is 12.0 Å². The highest BCUT2D eigenvalue weighted by molar-refractivity contribution is 6.30. The molecule has 1 N–H and O–H groups in total. The van der Waals surface area contributed by atoms with E-state index in [9.17, 15) is 0 Å². The first-order valence-corrected chi connectivity index (χ1v) is 6.38. The Bertz CT molecular complexity index is 495. The number of rotatable bonds is 5. The van der Waals surface area contributed by atoms with Gasteiger partial charge >= 0.3 is 0 Å². The van der Waals surface area contributed by atoms with Gasteiger partial charge in [0.25, 0.3) is 0 Å². The van der Waals surface area contributed by atoms with Crippen LogP contribution in [0.25, 0.3) is 11.4 Å². The fourth-order valence-electron chi connectivity index (χ4n) is 1.45. The monoisotopic (exact) mass is 265 g/mol. The van der Waals surface area contributed by atoms with Crippen LogP contribution in [0.2, 0.25) is 5.02 Å². The number of hydrogen-bond donors (Lipinski definition) is 1. The minimum absolute atomic E-state index is 0.441.